The third-order valence-electron chi connectivity index (χ3n) is 4.60. The summed E-state index contributed by atoms with van der Waals surface area (Å²) in [6.07, 6.45) is 2.64. The molecule has 3 rings (SSSR count). The Bertz CT molecular complexity index is 728. The number of aryl methyl sites for hydroxylation is 2. The molecule has 0 bridgehead atoms. The molecule has 0 radical (unpaired) electrons. The molecule has 1 atom stereocenters. The van der Waals surface area contributed by atoms with Crippen molar-refractivity contribution >= 4 is 5.91 Å². The van der Waals surface area contributed by atoms with Gasteiger partial charge in [0.15, 0.2) is 0 Å². The third-order valence-corrected chi connectivity index (χ3v) is 4.60. The van der Waals surface area contributed by atoms with Crippen LogP contribution in [0.2, 0.25) is 0 Å². The maximum absolute atomic E-state index is 13.4. The van der Waals surface area contributed by atoms with Gasteiger partial charge in [0, 0.05) is 44.5 Å². The first kappa shape index (κ1) is 16.6. The molecule has 1 aliphatic rings. The van der Waals surface area contributed by atoms with Gasteiger partial charge in [0.05, 0.1) is 0 Å². The number of hydrogen-bond donors (Lipinski definition) is 1. The van der Waals surface area contributed by atoms with E-state index in [1.54, 1.807) is 6.07 Å². The monoisotopic (exact) mass is 330 g/mol. The van der Waals surface area contributed by atoms with E-state index in [0.717, 1.165) is 42.9 Å². The number of carbonyl (C=O) groups is 1. The first-order chi connectivity index (χ1) is 11.6. The topological polar surface area (TPSA) is 50.2 Å². The summed E-state index contributed by atoms with van der Waals surface area (Å²) < 4.78 is 15.4. The lowest BCUT2D eigenvalue weighted by atomic mass is 9.97. The van der Waals surface area contributed by atoms with Crippen molar-refractivity contribution in [1.29, 1.82) is 0 Å². The van der Waals surface area contributed by atoms with E-state index in [1.807, 2.05) is 23.9 Å². The van der Waals surface area contributed by atoms with Gasteiger partial charge in [-0.25, -0.2) is 4.39 Å². The van der Waals surface area contributed by atoms with Gasteiger partial charge < -0.3 is 5.32 Å². The molecule has 24 heavy (non-hydrogen) atoms. The van der Waals surface area contributed by atoms with Gasteiger partial charge in [0.2, 0.25) is 5.91 Å². The Morgan fingerprint density at radius 1 is 1.38 bits per heavy atom. The highest BCUT2D eigenvalue weighted by Crippen LogP contribution is 2.26. The lowest BCUT2D eigenvalue weighted by Gasteiger charge is -2.36. The molecule has 0 aliphatic carbocycles. The summed E-state index contributed by atoms with van der Waals surface area (Å²) >= 11 is 0. The van der Waals surface area contributed by atoms with Crippen LogP contribution in [0.5, 0.6) is 0 Å². The summed E-state index contributed by atoms with van der Waals surface area (Å²) in [7, 11) is 0. The van der Waals surface area contributed by atoms with Crippen LogP contribution in [0.25, 0.3) is 0 Å². The van der Waals surface area contributed by atoms with Gasteiger partial charge in [0.1, 0.15) is 11.9 Å². The average molecular weight is 330 g/mol. The van der Waals surface area contributed by atoms with E-state index < -0.39 is 0 Å². The molecule has 6 heteroatoms. The Morgan fingerprint density at radius 2 is 2.21 bits per heavy atom. The second-order valence-electron chi connectivity index (χ2n) is 6.12. The standard InChI is InChI=1S/C18H23FN4O/c1-3-23-15(6-8-21-23)7-10-22-11-9-20-18(24)17(22)16-5-4-14(19)12-13(16)2/h4-6,8,12,17H,3,7,9-11H2,1-2H3,(H,20,24)/t17-/m0/s1. The highest BCUT2D eigenvalue weighted by atomic mass is 19.1. The van der Waals surface area contributed by atoms with Gasteiger partial charge in [-0.3, -0.25) is 14.4 Å². The van der Waals surface area contributed by atoms with E-state index in [4.69, 9.17) is 0 Å². The molecule has 1 fully saturated rings. The number of amides is 1. The van der Waals surface area contributed by atoms with Crippen LogP contribution in [0.15, 0.2) is 30.5 Å². The zero-order valence-corrected chi connectivity index (χ0v) is 14.1. The number of nitrogens with one attached hydrogen (secondary N) is 1. The van der Waals surface area contributed by atoms with Crippen molar-refractivity contribution in [3.05, 3.63) is 53.1 Å². The van der Waals surface area contributed by atoms with Crippen molar-refractivity contribution in [2.75, 3.05) is 19.6 Å². The predicted molar refractivity (Wildman–Crippen MR) is 90.1 cm³/mol. The Morgan fingerprint density at radius 3 is 2.96 bits per heavy atom. The second-order valence-corrected chi connectivity index (χ2v) is 6.12. The van der Waals surface area contributed by atoms with Crippen LogP contribution in [-0.4, -0.2) is 40.2 Å². The summed E-state index contributed by atoms with van der Waals surface area (Å²) in [6, 6.07) is 6.29. The lowest BCUT2D eigenvalue weighted by molar-refractivity contribution is -0.129. The first-order valence-electron chi connectivity index (χ1n) is 8.38. The summed E-state index contributed by atoms with van der Waals surface area (Å²) in [5, 5.41) is 7.22. The number of piperazine rings is 1. The van der Waals surface area contributed by atoms with Gasteiger partial charge in [-0.15, -0.1) is 0 Å². The van der Waals surface area contributed by atoms with Crippen LogP contribution >= 0.6 is 0 Å². The minimum absolute atomic E-state index is 0.0139. The fourth-order valence-corrected chi connectivity index (χ4v) is 3.35. The zero-order chi connectivity index (χ0) is 17.1. The number of aromatic nitrogens is 2. The van der Waals surface area contributed by atoms with E-state index in [1.165, 1.54) is 12.1 Å². The normalized spacial score (nSPS) is 18.6. The minimum Gasteiger partial charge on any atom is -0.353 e. The SMILES string of the molecule is CCn1nccc1CCN1CCNC(=O)[C@@H]1c1ccc(F)cc1C. The Balaban J connectivity index is 1.80. The van der Waals surface area contributed by atoms with Crippen LogP contribution in [0.1, 0.15) is 29.8 Å². The van der Waals surface area contributed by atoms with Crippen LogP contribution < -0.4 is 5.32 Å². The molecular formula is C18H23FN4O. The number of hydrogen-bond acceptors (Lipinski definition) is 3. The predicted octanol–water partition coefficient (Wildman–Crippen LogP) is 2.07. The molecule has 1 aliphatic heterocycles. The Labute approximate surface area is 141 Å². The molecule has 128 valence electrons. The highest BCUT2D eigenvalue weighted by Gasteiger charge is 2.32. The van der Waals surface area contributed by atoms with Crippen molar-refractivity contribution in [1.82, 2.24) is 20.0 Å². The molecule has 1 aromatic heterocycles. The van der Waals surface area contributed by atoms with Gasteiger partial charge >= 0.3 is 0 Å². The Hall–Kier alpha value is -2.21. The quantitative estimate of drug-likeness (QED) is 0.913. The van der Waals surface area contributed by atoms with Crippen molar-refractivity contribution in [2.24, 2.45) is 0 Å². The van der Waals surface area contributed by atoms with Crippen molar-refractivity contribution in [2.45, 2.75) is 32.9 Å². The molecule has 1 N–H and O–H groups in total. The first-order valence-corrected chi connectivity index (χ1v) is 8.38. The summed E-state index contributed by atoms with van der Waals surface area (Å²) in [5.41, 5.74) is 2.84. The maximum Gasteiger partial charge on any atom is 0.242 e. The summed E-state index contributed by atoms with van der Waals surface area (Å²) in [5.74, 6) is -0.286. The largest absolute Gasteiger partial charge is 0.353 e. The molecule has 0 saturated carbocycles. The van der Waals surface area contributed by atoms with Gasteiger partial charge in [-0.1, -0.05) is 6.07 Å². The van der Waals surface area contributed by atoms with E-state index in [-0.39, 0.29) is 17.8 Å². The van der Waals surface area contributed by atoms with Gasteiger partial charge in [0.25, 0.3) is 0 Å². The van der Waals surface area contributed by atoms with Gasteiger partial charge in [-0.2, -0.15) is 5.10 Å². The van der Waals surface area contributed by atoms with Gasteiger partial charge in [-0.05, 0) is 43.2 Å². The van der Waals surface area contributed by atoms with E-state index in [2.05, 4.69) is 22.2 Å². The van der Waals surface area contributed by atoms with E-state index in [9.17, 15) is 9.18 Å². The lowest BCUT2D eigenvalue weighted by Crippen LogP contribution is -2.50. The number of halogens is 1. The molecule has 1 amide bonds. The zero-order valence-electron chi connectivity index (χ0n) is 14.1. The van der Waals surface area contributed by atoms with E-state index >= 15 is 0 Å². The smallest absolute Gasteiger partial charge is 0.242 e. The maximum atomic E-state index is 13.4. The molecule has 0 unspecified atom stereocenters. The average Bonchev–Trinajstić information content (AvgIpc) is 3.01. The van der Waals surface area contributed by atoms with Crippen LogP contribution in [0.4, 0.5) is 4.39 Å². The third kappa shape index (κ3) is 3.33. The Kier molecular flexibility index (Phi) is 4.94. The fourth-order valence-electron chi connectivity index (χ4n) is 3.35. The second kappa shape index (κ2) is 7.13. The molecule has 1 saturated heterocycles. The molecule has 1 aromatic carbocycles. The van der Waals surface area contributed by atoms with E-state index in [0.29, 0.717) is 6.54 Å². The molecule has 5 nitrogen and oxygen atoms in total. The van der Waals surface area contributed by atoms with Crippen molar-refractivity contribution in [3.8, 4) is 0 Å². The highest BCUT2D eigenvalue weighted by molar-refractivity contribution is 5.84. The molecular weight excluding hydrogens is 307 g/mol. The minimum atomic E-state index is -0.364. The molecule has 2 aromatic rings. The number of rotatable bonds is 5. The summed E-state index contributed by atoms with van der Waals surface area (Å²) in [4.78, 5) is 14.6. The molecule has 2 heterocycles. The van der Waals surface area contributed by atoms with Crippen molar-refractivity contribution in [3.63, 3.8) is 0 Å². The number of nitrogens with zero attached hydrogens (tertiary/aromatic N) is 3. The summed E-state index contributed by atoms with van der Waals surface area (Å²) in [6.45, 7) is 6.94. The number of carbonyl (C=O) groups excluding carboxylic acids is 1. The van der Waals surface area contributed by atoms with Crippen LogP contribution in [0.3, 0.4) is 0 Å². The fraction of sp³-hybridized carbons (Fsp3) is 0.444. The van der Waals surface area contributed by atoms with Crippen LogP contribution in [-0.2, 0) is 17.8 Å². The van der Waals surface area contributed by atoms with Crippen molar-refractivity contribution < 1.29 is 9.18 Å². The number of benzene rings is 1. The van der Waals surface area contributed by atoms with Crippen LogP contribution in [0, 0.1) is 12.7 Å². The molecule has 0 spiro atoms.